The highest BCUT2D eigenvalue weighted by molar-refractivity contribution is 7.11. The Kier molecular flexibility index (Phi) is 4.66. The summed E-state index contributed by atoms with van der Waals surface area (Å²) in [6.07, 6.45) is 6.44. The third-order valence-corrected chi connectivity index (χ3v) is 4.71. The highest BCUT2D eigenvalue weighted by atomic mass is 32.1. The third kappa shape index (κ3) is 4.35. The molecule has 0 spiro atoms. The van der Waals surface area contributed by atoms with Crippen molar-refractivity contribution in [1.29, 1.82) is 0 Å². The fourth-order valence-electron chi connectivity index (χ4n) is 2.38. The standard InChI is InChI=1S/C17H23N3S/c1-12(2)9-15-16(11-19-13-6-7-13)21-17(20-15)10-14-5-3-4-8-18-14/h3-5,8,12-13,19H,6-7,9-11H2,1-2H3. The van der Waals surface area contributed by atoms with Gasteiger partial charge in [-0.15, -0.1) is 11.3 Å². The van der Waals surface area contributed by atoms with E-state index >= 15 is 0 Å². The Morgan fingerprint density at radius 2 is 2.19 bits per heavy atom. The van der Waals surface area contributed by atoms with Crippen LogP contribution in [0.25, 0.3) is 0 Å². The van der Waals surface area contributed by atoms with Gasteiger partial charge in [0.1, 0.15) is 0 Å². The molecule has 21 heavy (non-hydrogen) atoms. The molecule has 2 aromatic heterocycles. The van der Waals surface area contributed by atoms with Gasteiger partial charge in [0, 0.05) is 35.8 Å². The molecule has 1 N–H and O–H groups in total. The zero-order chi connectivity index (χ0) is 14.7. The quantitative estimate of drug-likeness (QED) is 0.849. The number of rotatable bonds is 7. The van der Waals surface area contributed by atoms with Crippen molar-refractivity contribution in [3.63, 3.8) is 0 Å². The molecule has 2 aromatic rings. The topological polar surface area (TPSA) is 37.8 Å². The summed E-state index contributed by atoms with van der Waals surface area (Å²) in [5.74, 6) is 0.648. The molecule has 3 rings (SSSR count). The predicted octanol–water partition coefficient (Wildman–Crippen LogP) is 3.58. The molecule has 0 saturated heterocycles. The molecule has 0 aliphatic heterocycles. The maximum atomic E-state index is 4.88. The van der Waals surface area contributed by atoms with E-state index in [0.717, 1.165) is 31.1 Å². The lowest BCUT2D eigenvalue weighted by molar-refractivity contribution is 0.622. The zero-order valence-corrected chi connectivity index (χ0v) is 13.6. The first-order chi connectivity index (χ1) is 10.2. The molecule has 0 radical (unpaired) electrons. The SMILES string of the molecule is CC(C)Cc1nc(Cc2ccccn2)sc1CNC1CC1. The molecule has 0 bridgehead atoms. The Morgan fingerprint density at radius 1 is 1.33 bits per heavy atom. The van der Waals surface area contributed by atoms with Crippen molar-refractivity contribution < 1.29 is 0 Å². The Labute approximate surface area is 130 Å². The first-order valence-corrected chi connectivity index (χ1v) is 8.63. The molecule has 1 fully saturated rings. The Balaban J connectivity index is 1.73. The minimum absolute atomic E-state index is 0.648. The highest BCUT2D eigenvalue weighted by Gasteiger charge is 2.21. The van der Waals surface area contributed by atoms with E-state index in [1.54, 1.807) is 0 Å². The fraction of sp³-hybridized carbons (Fsp3) is 0.529. The lowest BCUT2D eigenvalue weighted by atomic mass is 10.1. The normalized spacial score (nSPS) is 14.8. The molecule has 2 heterocycles. The molecule has 1 aliphatic carbocycles. The van der Waals surface area contributed by atoms with Crippen molar-refractivity contribution in [2.45, 2.75) is 52.1 Å². The van der Waals surface area contributed by atoms with Crippen LogP contribution in [-0.2, 0) is 19.4 Å². The molecular weight excluding hydrogens is 278 g/mol. The molecule has 3 nitrogen and oxygen atoms in total. The summed E-state index contributed by atoms with van der Waals surface area (Å²) in [6, 6.07) is 6.82. The van der Waals surface area contributed by atoms with E-state index in [1.807, 2.05) is 29.7 Å². The van der Waals surface area contributed by atoms with Gasteiger partial charge in [0.25, 0.3) is 0 Å². The van der Waals surface area contributed by atoms with Gasteiger partial charge in [-0.25, -0.2) is 4.98 Å². The van der Waals surface area contributed by atoms with Crippen molar-refractivity contribution in [3.05, 3.63) is 45.7 Å². The molecule has 4 heteroatoms. The molecule has 0 aromatic carbocycles. The maximum absolute atomic E-state index is 4.88. The third-order valence-electron chi connectivity index (χ3n) is 3.61. The average Bonchev–Trinajstić information content (AvgIpc) is 3.21. The average molecular weight is 301 g/mol. The Bertz CT molecular complexity index is 573. The Morgan fingerprint density at radius 3 is 2.86 bits per heavy atom. The van der Waals surface area contributed by atoms with Gasteiger partial charge in [-0.1, -0.05) is 19.9 Å². The van der Waals surface area contributed by atoms with Crippen molar-refractivity contribution in [3.8, 4) is 0 Å². The lowest BCUT2D eigenvalue weighted by Gasteiger charge is -2.05. The zero-order valence-electron chi connectivity index (χ0n) is 12.8. The van der Waals surface area contributed by atoms with E-state index in [4.69, 9.17) is 4.98 Å². The molecule has 1 saturated carbocycles. The van der Waals surface area contributed by atoms with E-state index in [-0.39, 0.29) is 0 Å². The van der Waals surface area contributed by atoms with Crippen molar-refractivity contribution in [2.24, 2.45) is 5.92 Å². The number of hydrogen-bond acceptors (Lipinski definition) is 4. The van der Waals surface area contributed by atoms with Gasteiger partial charge in [-0.2, -0.15) is 0 Å². The second-order valence-corrected chi connectivity index (χ2v) is 7.40. The molecule has 112 valence electrons. The largest absolute Gasteiger partial charge is 0.309 e. The number of hydrogen-bond donors (Lipinski definition) is 1. The number of pyridine rings is 1. The van der Waals surface area contributed by atoms with E-state index < -0.39 is 0 Å². The predicted molar refractivity (Wildman–Crippen MR) is 87.6 cm³/mol. The van der Waals surface area contributed by atoms with Crippen molar-refractivity contribution in [2.75, 3.05) is 0 Å². The van der Waals surface area contributed by atoms with E-state index in [2.05, 4.69) is 30.2 Å². The maximum Gasteiger partial charge on any atom is 0.0991 e. The molecule has 0 unspecified atom stereocenters. The second kappa shape index (κ2) is 6.67. The van der Waals surface area contributed by atoms with Gasteiger partial charge in [0.05, 0.1) is 10.7 Å². The van der Waals surface area contributed by atoms with Gasteiger partial charge in [-0.3, -0.25) is 4.98 Å². The van der Waals surface area contributed by atoms with Crippen molar-refractivity contribution >= 4 is 11.3 Å². The molecular formula is C17H23N3S. The van der Waals surface area contributed by atoms with Gasteiger partial charge in [0.2, 0.25) is 0 Å². The number of nitrogens with zero attached hydrogens (tertiary/aromatic N) is 2. The van der Waals surface area contributed by atoms with E-state index in [1.165, 1.54) is 28.4 Å². The summed E-state index contributed by atoms with van der Waals surface area (Å²) in [5.41, 5.74) is 2.39. The van der Waals surface area contributed by atoms with Gasteiger partial charge in [0.15, 0.2) is 0 Å². The fourth-order valence-corrected chi connectivity index (χ4v) is 3.44. The minimum atomic E-state index is 0.648. The van der Waals surface area contributed by atoms with Crippen LogP contribution < -0.4 is 5.32 Å². The Hall–Kier alpha value is -1.26. The summed E-state index contributed by atoms with van der Waals surface area (Å²) in [6.45, 7) is 5.50. The van der Waals surface area contributed by atoms with Crippen LogP contribution in [0.2, 0.25) is 0 Å². The minimum Gasteiger partial charge on any atom is -0.309 e. The lowest BCUT2D eigenvalue weighted by Crippen LogP contribution is -2.15. The van der Waals surface area contributed by atoms with Gasteiger partial charge in [-0.05, 0) is 37.3 Å². The monoisotopic (exact) mass is 301 g/mol. The van der Waals surface area contributed by atoms with Crippen LogP contribution in [0.1, 0.15) is 48.0 Å². The summed E-state index contributed by atoms with van der Waals surface area (Å²) in [5, 5.41) is 4.81. The highest BCUT2D eigenvalue weighted by Crippen LogP contribution is 2.25. The van der Waals surface area contributed by atoms with Crippen LogP contribution in [0.5, 0.6) is 0 Å². The number of thiazole rings is 1. The molecule has 1 aliphatic rings. The van der Waals surface area contributed by atoms with Gasteiger partial charge < -0.3 is 5.32 Å². The van der Waals surface area contributed by atoms with Crippen molar-refractivity contribution in [1.82, 2.24) is 15.3 Å². The molecule has 0 atom stereocenters. The first kappa shape index (κ1) is 14.7. The van der Waals surface area contributed by atoms with Crippen LogP contribution in [0.4, 0.5) is 0 Å². The number of aromatic nitrogens is 2. The summed E-state index contributed by atoms with van der Waals surface area (Å²) in [4.78, 5) is 10.7. The second-order valence-electron chi connectivity index (χ2n) is 6.23. The first-order valence-electron chi connectivity index (χ1n) is 7.81. The van der Waals surface area contributed by atoms with Gasteiger partial charge >= 0.3 is 0 Å². The number of nitrogens with one attached hydrogen (secondary N) is 1. The van der Waals surface area contributed by atoms with Crippen LogP contribution in [0.15, 0.2) is 24.4 Å². The summed E-state index contributed by atoms with van der Waals surface area (Å²) < 4.78 is 0. The van der Waals surface area contributed by atoms with Crippen LogP contribution in [0, 0.1) is 5.92 Å². The van der Waals surface area contributed by atoms with E-state index in [0.29, 0.717) is 5.92 Å². The smallest absolute Gasteiger partial charge is 0.0991 e. The molecule has 0 amide bonds. The van der Waals surface area contributed by atoms with Crippen LogP contribution in [0.3, 0.4) is 0 Å². The summed E-state index contributed by atoms with van der Waals surface area (Å²) >= 11 is 1.85. The van der Waals surface area contributed by atoms with Crippen LogP contribution in [-0.4, -0.2) is 16.0 Å². The summed E-state index contributed by atoms with van der Waals surface area (Å²) in [7, 11) is 0. The van der Waals surface area contributed by atoms with E-state index in [9.17, 15) is 0 Å². The van der Waals surface area contributed by atoms with Crippen LogP contribution >= 0.6 is 11.3 Å².